The zero-order valence-electron chi connectivity index (χ0n) is 10.4. The van der Waals surface area contributed by atoms with Gasteiger partial charge in [0.2, 0.25) is 5.55 Å². The molecule has 3 aromatic rings. The van der Waals surface area contributed by atoms with Crippen molar-refractivity contribution < 1.29 is 4.42 Å². The fourth-order valence-corrected chi connectivity index (χ4v) is 1.97. The van der Waals surface area contributed by atoms with Crippen molar-refractivity contribution in [1.82, 2.24) is 0 Å². The van der Waals surface area contributed by atoms with E-state index in [1.807, 2.05) is 60.7 Å². The quantitative estimate of drug-likeness (QED) is 0.759. The van der Waals surface area contributed by atoms with Crippen molar-refractivity contribution in [2.45, 2.75) is 6.54 Å². The van der Waals surface area contributed by atoms with Gasteiger partial charge in [0.1, 0.15) is 5.58 Å². The highest BCUT2D eigenvalue weighted by atomic mass is 16.3. The number of hydrogen-bond donors (Lipinski definition) is 1. The molecule has 2 aromatic carbocycles. The Bertz CT molecular complexity index is 760. The first-order valence-corrected chi connectivity index (χ1v) is 6.18. The minimum Gasteiger partial charge on any atom is -0.438 e. The van der Waals surface area contributed by atoms with Crippen LogP contribution < -0.4 is 11.3 Å². The summed E-state index contributed by atoms with van der Waals surface area (Å²) >= 11 is 0. The van der Waals surface area contributed by atoms with E-state index in [0.717, 1.165) is 22.2 Å². The molecule has 3 heteroatoms. The van der Waals surface area contributed by atoms with E-state index < -0.39 is 0 Å². The molecule has 0 unspecified atom stereocenters. The molecular weight excluding hydrogens is 236 g/mol. The average Bonchev–Trinajstić information content (AvgIpc) is 2.47. The zero-order valence-corrected chi connectivity index (χ0v) is 10.4. The average molecular weight is 250 g/mol. The van der Waals surface area contributed by atoms with Gasteiger partial charge >= 0.3 is 0 Å². The molecule has 0 atom stereocenters. The van der Waals surface area contributed by atoms with Crippen LogP contribution in [0.25, 0.3) is 11.0 Å². The molecule has 0 radical (unpaired) electrons. The molecule has 3 nitrogen and oxygen atoms in total. The first-order chi connectivity index (χ1) is 9.36. The molecule has 0 fully saturated rings. The summed E-state index contributed by atoms with van der Waals surface area (Å²) in [5.74, 6) is 0. The van der Waals surface area contributed by atoms with E-state index in [4.69, 9.17) is 10.2 Å². The molecule has 0 saturated heterocycles. The van der Waals surface area contributed by atoms with E-state index in [0.29, 0.717) is 12.1 Å². The molecule has 1 aromatic heterocycles. The molecular formula is C16H14N2O. The summed E-state index contributed by atoms with van der Waals surface area (Å²) < 4.78 is 5.84. The lowest BCUT2D eigenvalue weighted by Crippen LogP contribution is -2.13. The summed E-state index contributed by atoms with van der Waals surface area (Å²) in [6.07, 6.45) is 0. The van der Waals surface area contributed by atoms with Gasteiger partial charge in [0, 0.05) is 17.5 Å². The molecule has 0 bridgehead atoms. The highest BCUT2D eigenvalue weighted by Gasteiger charge is 2.02. The first kappa shape index (κ1) is 11.7. The Morgan fingerprint density at radius 1 is 0.947 bits per heavy atom. The molecule has 2 N–H and O–H groups in total. The minimum absolute atomic E-state index is 0.403. The van der Waals surface area contributed by atoms with Crippen LogP contribution in [0.4, 0.5) is 5.69 Å². The van der Waals surface area contributed by atoms with Crippen LogP contribution in [0, 0.1) is 0 Å². The number of nitrogens with zero attached hydrogens (tertiary/aromatic N) is 1. The second-order valence-corrected chi connectivity index (χ2v) is 4.27. The van der Waals surface area contributed by atoms with Gasteiger partial charge in [-0.3, -0.25) is 0 Å². The van der Waals surface area contributed by atoms with Gasteiger partial charge in [0.25, 0.3) is 0 Å². The minimum atomic E-state index is 0.403. The highest BCUT2D eigenvalue weighted by molar-refractivity contribution is 5.76. The lowest BCUT2D eigenvalue weighted by Gasteiger charge is -2.02. The number of fused-ring (bicyclic) bond motifs is 1. The summed E-state index contributed by atoms with van der Waals surface area (Å²) in [5.41, 5.74) is 8.93. The molecule has 0 aliphatic heterocycles. The molecule has 19 heavy (non-hydrogen) atoms. The van der Waals surface area contributed by atoms with Gasteiger partial charge in [0.05, 0.1) is 5.69 Å². The van der Waals surface area contributed by atoms with Gasteiger partial charge in [-0.1, -0.05) is 36.4 Å². The van der Waals surface area contributed by atoms with Crippen molar-refractivity contribution in [2.75, 3.05) is 0 Å². The van der Waals surface area contributed by atoms with Crippen LogP contribution in [0.1, 0.15) is 5.56 Å². The number of hydrogen-bond acceptors (Lipinski definition) is 3. The van der Waals surface area contributed by atoms with Crippen molar-refractivity contribution in [1.29, 1.82) is 0 Å². The molecule has 0 aliphatic carbocycles. The van der Waals surface area contributed by atoms with Gasteiger partial charge < -0.3 is 10.2 Å². The van der Waals surface area contributed by atoms with Gasteiger partial charge in [-0.25, -0.2) is 4.99 Å². The van der Waals surface area contributed by atoms with E-state index in [9.17, 15) is 0 Å². The van der Waals surface area contributed by atoms with Crippen molar-refractivity contribution in [3.05, 3.63) is 71.8 Å². The SMILES string of the molecule is NCc1cc2ccccc2oc1=Nc1ccccc1. The Kier molecular flexibility index (Phi) is 3.12. The van der Waals surface area contributed by atoms with Crippen molar-refractivity contribution in [3.63, 3.8) is 0 Å². The van der Waals surface area contributed by atoms with Crippen LogP contribution in [0.2, 0.25) is 0 Å². The number of nitrogens with two attached hydrogens (primary N) is 1. The Balaban J connectivity index is 2.25. The number of benzene rings is 2. The van der Waals surface area contributed by atoms with Crippen LogP contribution in [0.15, 0.2) is 70.1 Å². The Morgan fingerprint density at radius 2 is 1.68 bits per heavy atom. The van der Waals surface area contributed by atoms with Crippen LogP contribution >= 0.6 is 0 Å². The normalized spacial score (nSPS) is 11.9. The molecule has 0 amide bonds. The molecule has 0 aliphatic rings. The van der Waals surface area contributed by atoms with E-state index >= 15 is 0 Å². The zero-order chi connectivity index (χ0) is 13.1. The third-order valence-electron chi connectivity index (χ3n) is 2.94. The number of rotatable bonds is 2. The summed E-state index contributed by atoms with van der Waals surface area (Å²) in [4.78, 5) is 4.52. The largest absolute Gasteiger partial charge is 0.438 e. The topological polar surface area (TPSA) is 51.5 Å². The van der Waals surface area contributed by atoms with Crippen LogP contribution in [-0.4, -0.2) is 0 Å². The van der Waals surface area contributed by atoms with Gasteiger partial charge in [0.15, 0.2) is 0 Å². The fraction of sp³-hybridized carbons (Fsp3) is 0.0625. The third kappa shape index (κ3) is 2.41. The molecule has 3 rings (SSSR count). The predicted octanol–water partition coefficient (Wildman–Crippen LogP) is 3.12. The monoisotopic (exact) mass is 250 g/mol. The molecule has 94 valence electrons. The lowest BCUT2D eigenvalue weighted by atomic mass is 10.2. The highest BCUT2D eigenvalue weighted by Crippen LogP contribution is 2.14. The second-order valence-electron chi connectivity index (χ2n) is 4.27. The van der Waals surface area contributed by atoms with Crippen molar-refractivity contribution >= 4 is 16.7 Å². The first-order valence-electron chi connectivity index (χ1n) is 6.18. The van der Waals surface area contributed by atoms with Crippen molar-refractivity contribution in [3.8, 4) is 0 Å². The molecule has 0 spiro atoms. The Hall–Kier alpha value is -2.39. The van der Waals surface area contributed by atoms with E-state index in [2.05, 4.69) is 4.99 Å². The van der Waals surface area contributed by atoms with E-state index in [-0.39, 0.29) is 0 Å². The fourth-order valence-electron chi connectivity index (χ4n) is 1.97. The molecule has 1 heterocycles. The maximum Gasteiger partial charge on any atom is 0.224 e. The lowest BCUT2D eigenvalue weighted by molar-refractivity contribution is 0.534. The van der Waals surface area contributed by atoms with Crippen LogP contribution in [-0.2, 0) is 6.54 Å². The molecule has 0 saturated carbocycles. The number of para-hydroxylation sites is 2. The Morgan fingerprint density at radius 3 is 2.47 bits per heavy atom. The predicted molar refractivity (Wildman–Crippen MR) is 75.8 cm³/mol. The van der Waals surface area contributed by atoms with Gasteiger partial charge in [-0.05, 0) is 24.3 Å². The van der Waals surface area contributed by atoms with Crippen LogP contribution in [0.5, 0.6) is 0 Å². The van der Waals surface area contributed by atoms with Crippen molar-refractivity contribution in [2.24, 2.45) is 10.7 Å². The summed E-state index contributed by atoms with van der Waals surface area (Å²) in [6.45, 7) is 0.403. The smallest absolute Gasteiger partial charge is 0.224 e. The Labute approximate surface area is 111 Å². The summed E-state index contributed by atoms with van der Waals surface area (Å²) in [7, 11) is 0. The van der Waals surface area contributed by atoms with Gasteiger partial charge in [-0.2, -0.15) is 0 Å². The van der Waals surface area contributed by atoms with Gasteiger partial charge in [-0.15, -0.1) is 0 Å². The maximum absolute atomic E-state index is 5.84. The third-order valence-corrected chi connectivity index (χ3v) is 2.94. The summed E-state index contributed by atoms with van der Waals surface area (Å²) in [6, 6.07) is 19.6. The second kappa shape index (κ2) is 5.08. The van der Waals surface area contributed by atoms with Crippen LogP contribution in [0.3, 0.4) is 0 Å². The van der Waals surface area contributed by atoms with E-state index in [1.54, 1.807) is 0 Å². The van der Waals surface area contributed by atoms with E-state index in [1.165, 1.54) is 0 Å². The summed E-state index contributed by atoms with van der Waals surface area (Å²) in [5, 5.41) is 1.04. The maximum atomic E-state index is 5.84. The standard InChI is InChI=1S/C16H14N2O/c17-11-13-10-12-6-4-5-9-15(12)19-16(13)18-14-7-2-1-3-8-14/h1-10H,11,17H2.